The summed E-state index contributed by atoms with van der Waals surface area (Å²) in [6.07, 6.45) is 1.56. The van der Waals surface area contributed by atoms with Crippen molar-refractivity contribution in [2.75, 3.05) is 6.54 Å². The molecule has 1 aliphatic carbocycles. The maximum absolute atomic E-state index is 13.1. The molecule has 2 amide bonds. The first-order valence-corrected chi connectivity index (χ1v) is 11.2. The smallest absolute Gasteiger partial charge is 0.345 e. The Morgan fingerprint density at radius 3 is 2.58 bits per heavy atom. The van der Waals surface area contributed by atoms with Crippen LogP contribution in [0.3, 0.4) is 0 Å². The second kappa shape index (κ2) is 10.1. The van der Waals surface area contributed by atoms with Crippen molar-refractivity contribution in [2.24, 2.45) is 5.92 Å². The van der Waals surface area contributed by atoms with Gasteiger partial charge < -0.3 is 16.0 Å². The molecular formula is C22H30F3N4O4+. The van der Waals surface area contributed by atoms with Crippen LogP contribution in [0.25, 0.3) is 0 Å². The van der Waals surface area contributed by atoms with E-state index in [1.54, 1.807) is 6.07 Å². The molecule has 2 atom stereocenters. The fourth-order valence-corrected chi connectivity index (χ4v) is 3.93. The second-order valence-corrected chi connectivity index (χ2v) is 9.09. The molecular weight excluding hydrogens is 441 g/mol. The Morgan fingerprint density at radius 1 is 1.27 bits per heavy atom. The van der Waals surface area contributed by atoms with Gasteiger partial charge in [-0.25, -0.2) is 4.79 Å². The van der Waals surface area contributed by atoms with Crippen molar-refractivity contribution in [1.82, 2.24) is 16.0 Å². The van der Waals surface area contributed by atoms with Crippen molar-refractivity contribution in [3.8, 4) is 0 Å². The van der Waals surface area contributed by atoms with Crippen molar-refractivity contribution in [3.63, 3.8) is 0 Å². The number of nitrogens with zero attached hydrogens (tertiary/aromatic N) is 1. The summed E-state index contributed by atoms with van der Waals surface area (Å²) < 4.78 is 38.2. The van der Waals surface area contributed by atoms with E-state index >= 15 is 0 Å². The van der Waals surface area contributed by atoms with Crippen LogP contribution in [0.2, 0.25) is 0 Å². The van der Waals surface area contributed by atoms with Gasteiger partial charge in [0.2, 0.25) is 24.2 Å². The van der Waals surface area contributed by atoms with Gasteiger partial charge >= 0.3 is 12.1 Å². The third-order valence-electron chi connectivity index (χ3n) is 5.83. The summed E-state index contributed by atoms with van der Waals surface area (Å²) in [7, 11) is 0. The minimum Gasteiger partial charge on any atom is -0.345 e. The highest BCUT2D eigenvalue weighted by molar-refractivity contribution is 5.90. The predicted molar refractivity (Wildman–Crippen MR) is 110 cm³/mol. The molecule has 1 saturated heterocycles. The van der Waals surface area contributed by atoms with Crippen LogP contribution in [0.4, 0.5) is 13.2 Å². The van der Waals surface area contributed by atoms with Gasteiger partial charge in [-0.1, -0.05) is 20.3 Å². The zero-order valence-electron chi connectivity index (χ0n) is 18.7. The monoisotopic (exact) mass is 471 g/mol. The lowest BCUT2D eigenvalue weighted by atomic mass is 9.99. The van der Waals surface area contributed by atoms with E-state index in [-0.39, 0.29) is 23.8 Å². The summed E-state index contributed by atoms with van der Waals surface area (Å²) in [5, 5.41) is 8.99. The molecule has 2 aliphatic rings. The average Bonchev–Trinajstić information content (AvgIpc) is 3.53. The van der Waals surface area contributed by atoms with Crippen molar-refractivity contribution in [3.05, 3.63) is 30.1 Å². The molecule has 2 heterocycles. The van der Waals surface area contributed by atoms with E-state index in [0.29, 0.717) is 36.0 Å². The van der Waals surface area contributed by atoms with Gasteiger partial charge in [0.1, 0.15) is 6.04 Å². The van der Waals surface area contributed by atoms with Gasteiger partial charge in [-0.2, -0.15) is 18.0 Å². The molecule has 2 fully saturated rings. The van der Waals surface area contributed by atoms with E-state index in [2.05, 4.69) is 20.8 Å². The highest BCUT2D eigenvalue weighted by atomic mass is 19.4. The number of hydrogen-bond acceptors (Lipinski definition) is 5. The number of nitrogens with one attached hydrogen (secondary N) is 3. The Labute approximate surface area is 190 Å². The molecule has 3 rings (SSSR count). The topological polar surface area (TPSA) is 100 Å². The standard InChI is InChI=1S/C22H29F3N4O4/c1-14(2)12-17(27-18(30)16-7-3-4-10-26-16)19(31)28-21(8-9-21)15-6-5-11-29(13-15)33-20(32)22(23,24)25/h5-6,11,13-14,16-17,26H,3-4,7-10,12H2,1-2H3,(H-,27,28,30,31)/p+1/t16-,17-/m1/s1. The van der Waals surface area contributed by atoms with E-state index in [0.717, 1.165) is 19.4 Å². The molecule has 1 aromatic heterocycles. The number of piperidine rings is 1. The lowest BCUT2D eigenvalue weighted by molar-refractivity contribution is -0.871. The minimum absolute atomic E-state index is 0.149. The van der Waals surface area contributed by atoms with Crippen LogP contribution in [0.15, 0.2) is 24.5 Å². The lowest BCUT2D eigenvalue weighted by Crippen LogP contribution is -2.55. The summed E-state index contributed by atoms with van der Waals surface area (Å²) in [5.74, 6) is -2.75. The van der Waals surface area contributed by atoms with Gasteiger partial charge in [0, 0.05) is 16.4 Å². The van der Waals surface area contributed by atoms with Crippen molar-refractivity contribution in [1.29, 1.82) is 0 Å². The summed E-state index contributed by atoms with van der Waals surface area (Å²) in [6, 6.07) is 2.02. The fraction of sp³-hybridized carbons (Fsp3) is 0.636. The third kappa shape index (κ3) is 6.66. The summed E-state index contributed by atoms with van der Waals surface area (Å²) >= 11 is 0. The third-order valence-corrected chi connectivity index (χ3v) is 5.83. The van der Waals surface area contributed by atoms with Crippen LogP contribution in [0, 0.1) is 5.92 Å². The Balaban J connectivity index is 1.69. The van der Waals surface area contributed by atoms with Crippen LogP contribution in [0.5, 0.6) is 0 Å². The molecule has 1 aromatic rings. The zero-order chi connectivity index (χ0) is 24.2. The van der Waals surface area contributed by atoms with Gasteiger partial charge in [-0.15, -0.1) is 0 Å². The van der Waals surface area contributed by atoms with Gasteiger partial charge in [-0.3, -0.25) is 9.59 Å². The molecule has 33 heavy (non-hydrogen) atoms. The summed E-state index contributed by atoms with van der Waals surface area (Å²) in [5.41, 5.74) is -0.273. The molecule has 0 aromatic carbocycles. The number of amides is 2. The van der Waals surface area contributed by atoms with E-state index < -0.39 is 23.7 Å². The molecule has 0 unspecified atom stereocenters. The number of alkyl halides is 3. The highest BCUT2D eigenvalue weighted by Crippen LogP contribution is 2.45. The normalized spacial score (nSPS) is 20.6. The minimum atomic E-state index is -5.12. The van der Waals surface area contributed by atoms with E-state index in [9.17, 15) is 27.6 Å². The predicted octanol–water partition coefficient (Wildman–Crippen LogP) is 1.27. The average molecular weight is 472 g/mol. The number of pyridine rings is 1. The van der Waals surface area contributed by atoms with Gasteiger partial charge in [0.15, 0.2) is 0 Å². The maximum Gasteiger partial charge on any atom is 0.498 e. The molecule has 3 N–H and O–H groups in total. The molecule has 11 heteroatoms. The van der Waals surface area contributed by atoms with Crippen LogP contribution < -0.4 is 25.5 Å². The summed E-state index contributed by atoms with van der Waals surface area (Å²) in [6.45, 7) is 4.66. The maximum atomic E-state index is 13.1. The highest BCUT2D eigenvalue weighted by Gasteiger charge is 2.49. The van der Waals surface area contributed by atoms with E-state index in [1.165, 1.54) is 18.5 Å². The van der Waals surface area contributed by atoms with Crippen LogP contribution in [0.1, 0.15) is 57.9 Å². The van der Waals surface area contributed by atoms with Crippen molar-refractivity contribution in [2.45, 2.75) is 76.2 Å². The van der Waals surface area contributed by atoms with Gasteiger partial charge in [0.25, 0.3) is 0 Å². The van der Waals surface area contributed by atoms with Crippen LogP contribution >= 0.6 is 0 Å². The number of rotatable bonds is 8. The number of carbonyl (C=O) groups is 3. The van der Waals surface area contributed by atoms with E-state index in [4.69, 9.17) is 0 Å². The van der Waals surface area contributed by atoms with Gasteiger partial charge in [0.05, 0.1) is 11.6 Å². The molecule has 182 valence electrons. The Hall–Kier alpha value is -2.69. The zero-order valence-corrected chi connectivity index (χ0v) is 18.7. The molecule has 0 spiro atoms. The number of halogens is 3. The lowest BCUT2D eigenvalue weighted by Gasteiger charge is -2.27. The number of aromatic nitrogens is 1. The largest absolute Gasteiger partial charge is 0.498 e. The Kier molecular flexibility index (Phi) is 7.61. The Bertz CT molecular complexity index is 881. The number of carbonyl (C=O) groups excluding carboxylic acids is 3. The first kappa shape index (κ1) is 24.9. The fourth-order valence-electron chi connectivity index (χ4n) is 3.93. The van der Waals surface area contributed by atoms with Crippen LogP contribution in [-0.2, 0) is 19.9 Å². The summed E-state index contributed by atoms with van der Waals surface area (Å²) in [4.78, 5) is 41.3. The molecule has 0 bridgehead atoms. The van der Waals surface area contributed by atoms with E-state index in [1.807, 2.05) is 13.8 Å². The first-order chi connectivity index (χ1) is 15.5. The molecule has 1 aliphatic heterocycles. The second-order valence-electron chi connectivity index (χ2n) is 9.09. The van der Waals surface area contributed by atoms with Gasteiger partial charge in [-0.05, 0) is 50.6 Å². The van der Waals surface area contributed by atoms with Crippen molar-refractivity contribution < 1.29 is 37.1 Å². The quantitative estimate of drug-likeness (QED) is 0.496. The number of hydrogen-bond donors (Lipinski definition) is 3. The van der Waals surface area contributed by atoms with Crippen LogP contribution in [-0.4, -0.2) is 42.6 Å². The Morgan fingerprint density at radius 2 is 2.00 bits per heavy atom. The van der Waals surface area contributed by atoms with Crippen molar-refractivity contribution >= 4 is 17.8 Å². The first-order valence-electron chi connectivity index (χ1n) is 11.2. The molecule has 0 radical (unpaired) electrons. The SMILES string of the molecule is CC(C)C[C@@H](NC(=O)[C@H]1CCCCN1)C(=O)NC1(c2ccc[n+](OC(=O)C(F)(F)F)c2)CC1. The molecule has 1 saturated carbocycles. The molecule has 8 nitrogen and oxygen atoms in total.